The third kappa shape index (κ3) is 5.42. The van der Waals surface area contributed by atoms with E-state index in [0.29, 0.717) is 12.8 Å². The van der Waals surface area contributed by atoms with Gasteiger partial charge in [0, 0.05) is 0 Å². The smallest absolute Gasteiger partial charge is 0.469 e. The normalized spacial score (nSPS) is 32.2. The van der Waals surface area contributed by atoms with Gasteiger partial charge in [-0.3, -0.25) is 20.6 Å². The Balaban J connectivity index is 0.00000338. The molecule has 144 valence electrons. The number of ether oxygens (including phenoxy) is 3. The van der Waals surface area contributed by atoms with Gasteiger partial charge < -0.3 is 14.2 Å². The van der Waals surface area contributed by atoms with Crippen molar-refractivity contribution in [3.8, 4) is 0 Å². The van der Waals surface area contributed by atoms with Crippen molar-refractivity contribution >= 4 is 22.1 Å². The first-order valence-corrected chi connectivity index (χ1v) is 9.81. The number of esters is 2. The van der Waals surface area contributed by atoms with Crippen LogP contribution in [0.25, 0.3) is 0 Å². The van der Waals surface area contributed by atoms with Gasteiger partial charge in [0.15, 0.2) is 0 Å². The van der Waals surface area contributed by atoms with Gasteiger partial charge in [-0.1, -0.05) is 12.8 Å². The van der Waals surface area contributed by atoms with Gasteiger partial charge in [-0.25, -0.2) is 0 Å². The summed E-state index contributed by atoms with van der Waals surface area (Å²) in [5.41, 5.74) is 0. The molecule has 2 aliphatic rings. The summed E-state index contributed by atoms with van der Waals surface area (Å²) in [6.45, 7) is 0. The number of hydrogen-bond donors (Lipinski definition) is 1. The van der Waals surface area contributed by atoms with Crippen LogP contribution in [0.3, 0.4) is 0 Å². The predicted octanol–water partition coefficient (Wildman–Crippen LogP) is -1.50. The average Bonchev–Trinajstić information content (AvgIpc) is 2.59. The van der Waals surface area contributed by atoms with Crippen molar-refractivity contribution < 1.29 is 66.3 Å². The molecule has 0 bridgehead atoms. The molecule has 2 saturated carbocycles. The summed E-state index contributed by atoms with van der Waals surface area (Å²) in [6, 6.07) is 0. The molecule has 2 rings (SSSR count). The minimum atomic E-state index is -4.48. The zero-order valence-electron chi connectivity index (χ0n) is 15.5. The van der Waals surface area contributed by atoms with Crippen molar-refractivity contribution in [2.75, 3.05) is 14.2 Å². The van der Waals surface area contributed by atoms with Crippen LogP contribution in [-0.2, 0) is 33.9 Å². The first kappa shape index (κ1) is 23.8. The molecule has 0 aromatic carbocycles. The SMILES string of the molecule is COC(=O)C1CC(OC2(S(=O)(=O)O)[CH-]CCCC2)CC(C(=O)OC)C1.[Na+]. The quantitative estimate of drug-likeness (QED) is 0.257. The molecule has 0 radical (unpaired) electrons. The number of rotatable bonds is 5. The molecule has 0 spiro atoms. The van der Waals surface area contributed by atoms with E-state index in [1.54, 1.807) is 0 Å². The Labute approximate surface area is 176 Å². The molecular formula is C16H25NaO8S. The van der Waals surface area contributed by atoms with E-state index in [1.165, 1.54) is 20.6 Å². The molecule has 0 aromatic rings. The van der Waals surface area contributed by atoms with Crippen LogP contribution in [0.2, 0.25) is 0 Å². The van der Waals surface area contributed by atoms with Crippen molar-refractivity contribution in [1.29, 1.82) is 0 Å². The Bertz CT molecular complexity index is 575. The molecule has 0 aromatic heterocycles. The van der Waals surface area contributed by atoms with E-state index in [9.17, 15) is 22.6 Å². The van der Waals surface area contributed by atoms with Crippen molar-refractivity contribution in [2.45, 2.75) is 56.0 Å². The van der Waals surface area contributed by atoms with Crippen LogP contribution in [0.5, 0.6) is 0 Å². The van der Waals surface area contributed by atoms with Crippen LogP contribution < -0.4 is 29.6 Å². The van der Waals surface area contributed by atoms with Crippen LogP contribution in [0.1, 0.15) is 44.9 Å². The van der Waals surface area contributed by atoms with Crippen LogP contribution in [0, 0.1) is 18.3 Å². The molecule has 0 amide bonds. The molecule has 3 unspecified atom stereocenters. The van der Waals surface area contributed by atoms with E-state index < -0.39 is 44.9 Å². The Morgan fingerprint density at radius 3 is 1.96 bits per heavy atom. The average molecular weight is 400 g/mol. The maximum atomic E-state index is 11.9. The van der Waals surface area contributed by atoms with E-state index in [4.69, 9.17) is 14.2 Å². The standard InChI is InChI=1S/C16H25O8S.Na/c1-22-14(17)11-8-12(15(18)23-2)10-13(9-11)24-16(25(19,20)21)6-4-3-5-7-16;/h6,11-13H,3-5,7-10H2,1-2H3,(H,19,20,21);/q-1;+1. The first-order chi connectivity index (χ1) is 11.7. The molecule has 26 heavy (non-hydrogen) atoms. The van der Waals surface area contributed by atoms with E-state index in [1.807, 2.05) is 0 Å². The zero-order chi connectivity index (χ0) is 18.7. The van der Waals surface area contributed by atoms with Gasteiger partial charge in [0.05, 0.1) is 37.1 Å². The third-order valence-corrected chi connectivity index (χ3v) is 6.31. The van der Waals surface area contributed by atoms with Gasteiger partial charge in [-0.2, -0.15) is 14.8 Å². The molecule has 10 heteroatoms. The third-order valence-electron chi connectivity index (χ3n) is 4.97. The van der Waals surface area contributed by atoms with Crippen LogP contribution in [-0.4, -0.2) is 50.2 Å². The topological polar surface area (TPSA) is 116 Å². The molecule has 2 aliphatic carbocycles. The maximum absolute atomic E-state index is 11.9. The molecule has 0 heterocycles. The molecule has 2 fully saturated rings. The second kappa shape index (κ2) is 9.84. The van der Waals surface area contributed by atoms with Gasteiger partial charge in [0.2, 0.25) is 0 Å². The minimum absolute atomic E-state index is 0. The Morgan fingerprint density at radius 1 is 1.04 bits per heavy atom. The van der Waals surface area contributed by atoms with Crippen molar-refractivity contribution in [3.63, 3.8) is 0 Å². The molecule has 0 aliphatic heterocycles. The summed E-state index contributed by atoms with van der Waals surface area (Å²) < 4.78 is 48.9. The predicted molar refractivity (Wildman–Crippen MR) is 86.8 cm³/mol. The summed E-state index contributed by atoms with van der Waals surface area (Å²) >= 11 is 0. The molecule has 3 atom stereocenters. The van der Waals surface area contributed by atoms with Gasteiger partial charge >= 0.3 is 41.5 Å². The number of hydrogen-bond acceptors (Lipinski definition) is 7. The van der Waals surface area contributed by atoms with Gasteiger partial charge in [-0.15, -0.1) is 0 Å². The Kier molecular flexibility index (Phi) is 9.02. The van der Waals surface area contributed by atoms with Gasteiger partial charge in [0.1, 0.15) is 0 Å². The Hall–Kier alpha value is -0.190. The van der Waals surface area contributed by atoms with Crippen molar-refractivity contribution in [2.24, 2.45) is 11.8 Å². The van der Waals surface area contributed by atoms with Crippen molar-refractivity contribution in [3.05, 3.63) is 6.42 Å². The zero-order valence-corrected chi connectivity index (χ0v) is 18.3. The maximum Gasteiger partial charge on any atom is 1.00 e. The first-order valence-electron chi connectivity index (χ1n) is 8.37. The summed E-state index contributed by atoms with van der Waals surface area (Å²) in [7, 11) is -1.97. The number of carbonyl (C=O) groups excluding carboxylic acids is 2. The van der Waals surface area contributed by atoms with Gasteiger partial charge in [-0.05, 0) is 25.7 Å². The summed E-state index contributed by atoms with van der Waals surface area (Å²) in [6.07, 6.45) is 3.59. The number of carbonyl (C=O) groups is 2. The summed E-state index contributed by atoms with van der Waals surface area (Å²) in [5, 5.41) is 0. The van der Waals surface area contributed by atoms with Gasteiger partial charge in [0.25, 0.3) is 10.1 Å². The Morgan fingerprint density at radius 2 is 1.58 bits per heavy atom. The summed E-state index contributed by atoms with van der Waals surface area (Å²) in [4.78, 5) is 22.1. The minimum Gasteiger partial charge on any atom is -0.469 e. The molecule has 8 nitrogen and oxygen atoms in total. The van der Waals surface area contributed by atoms with E-state index in [-0.39, 0.29) is 55.2 Å². The monoisotopic (exact) mass is 400 g/mol. The van der Waals surface area contributed by atoms with Crippen LogP contribution >= 0.6 is 0 Å². The fraction of sp³-hybridized carbons (Fsp3) is 0.812. The van der Waals surface area contributed by atoms with E-state index >= 15 is 0 Å². The van der Waals surface area contributed by atoms with Crippen LogP contribution in [0.4, 0.5) is 0 Å². The van der Waals surface area contributed by atoms with E-state index in [0.717, 1.165) is 6.42 Å². The second-order valence-electron chi connectivity index (χ2n) is 6.62. The summed E-state index contributed by atoms with van der Waals surface area (Å²) in [5.74, 6) is -2.13. The van der Waals surface area contributed by atoms with Crippen molar-refractivity contribution in [1.82, 2.24) is 0 Å². The molecule has 1 N–H and O–H groups in total. The fourth-order valence-corrected chi connectivity index (χ4v) is 4.69. The number of methoxy groups -OCH3 is 2. The second-order valence-corrected chi connectivity index (χ2v) is 8.27. The molecule has 0 saturated heterocycles. The van der Waals surface area contributed by atoms with E-state index in [2.05, 4.69) is 0 Å². The molecular weight excluding hydrogens is 375 g/mol. The largest absolute Gasteiger partial charge is 1.00 e. The fourth-order valence-electron chi connectivity index (χ4n) is 3.71. The van der Waals surface area contributed by atoms with Crippen LogP contribution in [0.15, 0.2) is 0 Å².